The van der Waals surface area contributed by atoms with Crippen LogP contribution in [0.3, 0.4) is 0 Å². The molecule has 0 saturated heterocycles. The topological polar surface area (TPSA) is 102 Å². The van der Waals surface area contributed by atoms with Gasteiger partial charge in [0.05, 0.1) is 5.69 Å². The van der Waals surface area contributed by atoms with Crippen LogP contribution in [-0.2, 0) is 6.42 Å². The number of hydrogen-bond acceptors (Lipinski definition) is 5. The number of nitrogens with two attached hydrogens (primary N) is 2. The number of thiazole rings is 1. The number of aromatic nitrogens is 1. The first-order valence-corrected chi connectivity index (χ1v) is 6.10. The van der Waals surface area contributed by atoms with Crippen LogP contribution in [0.15, 0.2) is 23.6 Å². The molecule has 18 heavy (non-hydrogen) atoms. The molecule has 5 nitrogen and oxygen atoms in total. The van der Waals surface area contributed by atoms with Gasteiger partial charge in [0.1, 0.15) is 5.75 Å². The molecule has 0 aliphatic carbocycles. The van der Waals surface area contributed by atoms with Gasteiger partial charge in [-0.3, -0.25) is 4.79 Å². The van der Waals surface area contributed by atoms with Crippen molar-refractivity contribution in [2.24, 2.45) is 5.73 Å². The number of carbonyl (C=O) groups excluding carboxylic acids is 1. The van der Waals surface area contributed by atoms with E-state index < -0.39 is 5.91 Å². The molecular weight excluding hydrogens is 250 g/mol. The van der Waals surface area contributed by atoms with E-state index in [2.05, 4.69) is 4.98 Å². The summed E-state index contributed by atoms with van der Waals surface area (Å²) in [5.41, 5.74) is 12.6. The van der Waals surface area contributed by atoms with Gasteiger partial charge >= 0.3 is 0 Å². The van der Waals surface area contributed by atoms with Gasteiger partial charge in [0.15, 0.2) is 5.13 Å². The van der Waals surface area contributed by atoms with Crippen molar-refractivity contribution in [2.45, 2.75) is 6.42 Å². The van der Waals surface area contributed by atoms with Crippen molar-refractivity contribution in [1.29, 1.82) is 0 Å². The molecule has 0 unspecified atom stereocenters. The van der Waals surface area contributed by atoms with Crippen LogP contribution in [0, 0.1) is 6.42 Å². The maximum atomic E-state index is 11.3. The van der Waals surface area contributed by atoms with Crippen LogP contribution in [-0.4, -0.2) is 16.0 Å². The zero-order chi connectivity index (χ0) is 13.1. The lowest BCUT2D eigenvalue weighted by Gasteiger charge is -2.06. The minimum atomic E-state index is -0.563. The fourth-order valence-corrected chi connectivity index (χ4v) is 2.13. The third-order valence-electron chi connectivity index (χ3n) is 2.43. The van der Waals surface area contributed by atoms with Gasteiger partial charge in [0, 0.05) is 17.4 Å². The zero-order valence-electron chi connectivity index (χ0n) is 9.46. The lowest BCUT2D eigenvalue weighted by molar-refractivity contribution is 0.0999. The van der Waals surface area contributed by atoms with Crippen LogP contribution in [0.5, 0.6) is 5.75 Å². The number of hydrogen-bond donors (Lipinski definition) is 3. The number of primary amides is 1. The van der Waals surface area contributed by atoms with Crippen LogP contribution >= 0.6 is 11.3 Å². The average molecular weight is 262 g/mol. The predicted octanol–water partition coefficient (Wildman–Crippen LogP) is 1.32. The molecule has 2 aromatic rings. The maximum absolute atomic E-state index is 11.3. The molecule has 0 fully saturated rings. The highest BCUT2D eigenvalue weighted by atomic mass is 32.1. The highest BCUT2D eigenvalue weighted by molar-refractivity contribution is 7.13. The normalized spacial score (nSPS) is 10.4. The molecule has 1 aromatic heterocycles. The lowest BCUT2D eigenvalue weighted by Crippen LogP contribution is -2.13. The van der Waals surface area contributed by atoms with Gasteiger partial charge in [0.2, 0.25) is 5.91 Å². The Hall–Kier alpha value is -2.08. The molecule has 93 valence electrons. The number of rotatable bonds is 4. The largest absolute Gasteiger partial charge is 0.508 e. The molecule has 2 rings (SSSR count). The van der Waals surface area contributed by atoms with Crippen molar-refractivity contribution in [3.8, 4) is 5.75 Å². The number of nitrogen functional groups attached to an aromatic ring is 1. The van der Waals surface area contributed by atoms with E-state index in [9.17, 15) is 9.90 Å². The molecule has 0 aliphatic heterocycles. The molecule has 6 heteroatoms. The Labute approximate surface area is 108 Å². The summed E-state index contributed by atoms with van der Waals surface area (Å²) in [6.45, 7) is 0. The summed E-state index contributed by atoms with van der Waals surface area (Å²) >= 11 is 1.36. The number of anilines is 1. The quantitative estimate of drug-likeness (QED) is 0.773. The first-order valence-electron chi connectivity index (χ1n) is 5.22. The molecule has 1 radical (unpaired) electrons. The van der Waals surface area contributed by atoms with Gasteiger partial charge in [-0.1, -0.05) is 6.07 Å². The number of carbonyl (C=O) groups is 1. The Kier molecular flexibility index (Phi) is 3.47. The fraction of sp³-hybridized carbons (Fsp3) is 0.0833. The Balaban J connectivity index is 2.16. The number of aromatic hydroxyl groups is 1. The number of amides is 1. The summed E-state index contributed by atoms with van der Waals surface area (Å²) in [5, 5.41) is 11.7. The molecule has 1 heterocycles. The average Bonchev–Trinajstić information content (AvgIpc) is 2.73. The Bertz CT molecular complexity index is 580. The first-order chi connectivity index (χ1) is 8.56. The van der Waals surface area contributed by atoms with Gasteiger partial charge < -0.3 is 16.6 Å². The van der Waals surface area contributed by atoms with E-state index >= 15 is 0 Å². The number of phenols is 1. The van der Waals surface area contributed by atoms with Crippen LogP contribution in [0.2, 0.25) is 0 Å². The highest BCUT2D eigenvalue weighted by Gasteiger charge is 2.10. The molecule has 0 atom stereocenters. The van der Waals surface area contributed by atoms with E-state index in [1.807, 2.05) is 11.8 Å². The van der Waals surface area contributed by atoms with Gasteiger partial charge in [-0.2, -0.15) is 0 Å². The van der Waals surface area contributed by atoms with Crippen molar-refractivity contribution >= 4 is 22.4 Å². The summed E-state index contributed by atoms with van der Waals surface area (Å²) < 4.78 is 0. The van der Waals surface area contributed by atoms with Crippen molar-refractivity contribution < 1.29 is 9.90 Å². The van der Waals surface area contributed by atoms with E-state index in [0.717, 1.165) is 11.3 Å². The smallest absolute Gasteiger partial charge is 0.249 e. The van der Waals surface area contributed by atoms with Crippen LogP contribution in [0.1, 0.15) is 21.6 Å². The summed E-state index contributed by atoms with van der Waals surface area (Å²) in [6.07, 6.45) is 2.35. The minimum absolute atomic E-state index is 0.0189. The van der Waals surface area contributed by atoms with E-state index in [-0.39, 0.29) is 5.75 Å². The highest BCUT2D eigenvalue weighted by Crippen LogP contribution is 2.20. The monoisotopic (exact) mass is 262 g/mol. The Morgan fingerprint density at radius 1 is 1.50 bits per heavy atom. The van der Waals surface area contributed by atoms with Crippen molar-refractivity contribution in [1.82, 2.24) is 4.98 Å². The standard InChI is InChI=1S/C12H12N3O2S/c13-11(17)10-5-9(16)4-2-7(10)1-3-8-6-18-12(14)15-8/h2-6,16H,1H2,(H2,13,17)(H2,14,15). The second kappa shape index (κ2) is 5.05. The molecule has 0 bridgehead atoms. The third kappa shape index (κ3) is 2.78. The van der Waals surface area contributed by atoms with Gasteiger partial charge in [0.25, 0.3) is 0 Å². The summed E-state index contributed by atoms with van der Waals surface area (Å²) in [7, 11) is 0. The molecule has 0 aliphatic rings. The van der Waals surface area contributed by atoms with E-state index in [1.165, 1.54) is 23.5 Å². The number of phenolic OH excluding ortho intramolecular Hbond substituents is 1. The fourth-order valence-electron chi connectivity index (χ4n) is 1.58. The zero-order valence-corrected chi connectivity index (χ0v) is 10.3. The molecule has 5 N–H and O–H groups in total. The maximum Gasteiger partial charge on any atom is 0.249 e. The van der Waals surface area contributed by atoms with Crippen LogP contribution in [0.4, 0.5) is 5.13 Å². The Morgan fingerprint density at radius 2 is 2.28 bits per heavy atom. The summed E-state index contributed by atoms with van der Waals surface area (Å²) in [6, 6.07) is 4.55. The summed E-state index contributed by atoms with van der Waals surface area (Å²) in [5.74, 6) is -0.544. The SMILES string of the molecule is NC(=O)c1cc(O)ccc1C[CH]c1csc(N)n1. The van der Waals surface area contributed by atoms with Gasteiger partial charge in [-0.15, -0.1) is 11.3 Å². The number of nitrogens with zero attached hydrogens (tertiary/aromatic N) is 1. The van der Waals surface area contributed by atoms with Crippen LogP contribution < -0.4 is 11.5 Å². The van der Waals surface area contributed by atoms with Crippen molar-refractivity contribution in [3.05, 3.63) is 46.8 Å². The van der Waals surface area contributed by atoms with Crippen molar-refractivity contribution in [2.75, 3.05) is 5.73 Å². The second-order valence-corrected chi connectivity index (χ2v) is 4.61. The summed E-state index contributed by atoms with van der Waals surface area (Å²) in [4.78, 5) is 15.3. The molecule has 0 saturated carbocycles. The molecule has 1 amide bonds. The van der Waals surface area contributed by atoms with Gasteiger partial charge in [-0.25, -0.2) is 4.98 Å². The van der Waals surface area contributed by atoms with E-state index in [0.29, 0.717) is 17.1 Å². The predicted molar refractivity (Wildman–Crippen MR) is 70.3 cm³/mol. The van der Waals surface area contributed by atoms with E-state index in [1.54, 1.807) is 6.07 Å². The van der Waals surface area contributed by atoms with Crippen molar-refractivity contribution in [3.63, 3.8) is 0 Å². The van der Waals surface area contributed by atoms with E-state index in [4.69, 9.17) is 11.5 Å². The number of benzene rings is 1. The molecular formula is C12H12N3O2S. The molecule has 0 spiro atoms. The molecule has 1 aromatic carbocycles. The Morgan fingerprint density at radius 3 is 2.89 bits per heavy atom. The minimum Gasteiger partial charge on any atom is -0.508 e. The third-order valence-corrected chi connectivity index (χ3v) is 3.12. The second-order valence-electron chi connectivity index (χ2n) is 3.72. The first kappa shape index (κ1) is 12.4. The van der Waals surface area contributed by atoms with Crippen LogP contribution in [0.25, 0.3) is 0 Å². The van der Waals surface area contributed by atoms with Gasteiger partial charge in [-0.05, 0) is 24.1 Å². The lowest BCUT2D eigenvalue weighted by atomic mass is 10.0.